The molecule has 0 radical (unpaired) electrons. The van der Waals surface area contributed by atoms with Gasteiger partial charge in [-0.05, 0) is 31.5 Å². The highest BCUT2D eigenvalue weighted by molar-refractivity contribution is 8.01. The Morgan fingerprint density at radius 3 is 2.44 bits per heavy atom. The third kappa shape index (κ3) is 4.33. The number of carbonyl (C=O) groups is 4. The molecule has 1 aromatic carbocycles. The second-order valence-corrected chi connectivity index (χ2v) is 10.7. The van der Waals surface area contributed by atoms with E-state index in [4.69, 9.17) is 11.1 Å². The van der Waals surface area contributed by atoms with Gasteiger partial charge in [0.05, 0.1) is 6.54 Å². The number of aromatic nitrogens is 1. The molecule has 2 aliphatic heterocycles. The maximum Gasteiger partial charge on any atom is 0.327 e. The summed E-state index contributed by atoms with van der Waals surface area (Å²) >= 11 is 1.30. The molecule has 2 aromatic rings. The minimum atomic E-state index is -1.24. The van der Waals surface area contributed by atoms with Crippen LogP contribution in [-0.4, -0.2) is 78.2 Å². The number of aliphatic carboxylic acids is 1. The summed E-state index contributed by atoms with van der Waals surface area (Å²) < 4.78 is -0.800. The zero-order valence-corrected chi connectivity index (χ0v) is 20.4. The first-order valence-electron chi connectivity index (χ1n) is 11.2. The van der Waals surface area contributed by atoms with E-state index in [1.165, 1.54) is 34.0 Å². The number of carboxylic acid groups (broad SMARTS) is 1. The summed E-state index contributed by atoms with van der Waals surface area (Å²) in [5.41, 5.74) is 6.24. The van der Waals surface area contributed by atoms with Crippen LogP contribution in [0.5, 0.6) is 0 Å². The lowest BCUT2D eigenvalue weighted by atomic mass is 9.92. The quantitative estimate of drug-likeness (QED) is 0.236. The Balaban J connectivity index is 1.83. The largest absolute Gasteiger partial charge is 0.480 e. The number of benzene rings is 1. The van der Waals surface area contributed by atoms with Crippen LogP contribution in [-0.2, 0) is 19.2 Å². The number of nitrogens with one attached hydrogen (secondary N) is 2. The Morgan fingerprint density at radius 1 is 1.22 bits per heavy atom. The number of hydrogen-bond donors (Lipinski definition) is 4. The van der Waals surface area contributed by atoms with Gasteiger partial charge in [-0.25, -0.2) is 4.79 Å². The van der Waals surface area contributed by atoms with Crippen molar-refractivity contribution in [1.29, 1.82) is 5.41 Å². The van der Waals surface area contributed by atoms with E-state index in [-0.39, 0.29) is 5.84 Å². The number of amides is 3. The van der Waals surface area contributed by atoms with Gasteiger partial charge in [-0.3, -0.25) is 30.1 Å². The molecule has 0 saturated carbocycles. The van der Waals surface area contributed by atoms with Crippen LogP contribution in [0.3, 0.4) is 0 Å². The van der Waals surface area contributed by atoms with Gasteiger partial charge in [0, 0.05) is 22.7 Å². The van der Waals surface area contributed by atoms with E-state index in [1.807, 2.05) is 0 Å². The van der Waals surface area contributed by atoms with Gasteiger partial charge < -0.3 is 20.6 Å². The van der Waals surface area contributed by atoms with Gasteiger partial charge in [0.25, 0.3) is 5.91 Å². The molecule has 188 valence electrons. The van der Waals surface area contributed by atoms with E-state index in [1.54, 1.807) is 56.3 Å². The van der Waals surface area contributed by atoms with Crippen molar-refractivity contribution in [3.05, 3.63) is 66.0 Å². The topological polar surface area (TPSA) is 170 Å². The molecule has 2 saturated heterocycles. The third-order valence-electron chi connectivity index (χ3n) is 6.25. The molecule has 36 heavy (non-hydrogen) atoms. The Bertz CT molecular complexity index is 1210. The summed E-state index contributed by atoms with van der Waals surface area (Å²) in [6.45, 7) is 3.08. The highest BCUT2D eigenvalue weighted by atomic mass is 32.2. The van der Waals surface area contributed by atoms with Crippen LogP contribution in [0.2, 0.25) is 0 Å². The van der Waals surface area contributed by atoms with Crippen molar-refractivity contribution in [2.24, 2.45) is 5.73 Å². The number of nitrogens with zero attached hydrogens (tertiary/aromatic N) is 3. The first-order valence-corrected chi connectivity index (χ1v) is 12.0. The molecule has 1 aromatic heterocycles. The molecule has 4 rings (SSSR count). The van der Waals surface area contributed by atoms with Crippen LogP contribution in [0.1, 0.15) is 31.0 Å². The molecule has 2 aliphatic rings. The number of carboxylic acids is 1. The van der Waals surface area contributed by atoms with Gasteiger partial charge in [0.2, 0.25) is 11.8 Å². The van der Waals surface area contributed by atoms with Crippen molar-refractivity contribution in [2.75, 3.05) is 6.54 Å². The monoisotopic (exact) mass is 510 g/mol. The summed E-state index contributed by atoms with van der Waals surface area (Å²) in [5.74, 6) is -3.23. The van der Waals surface area contributed by atoms with Crippen LogP contribution in [0.25, 0.3) is 0 Å². The summed E-state index contributed by atoms with van der Waals surface area (Å²) in [4.78, 5) is 57.7. The van der Waals surface area contributed by atoms with E-state index in [0.717, 1.165) is 0 Å². The van der Waals surface area contributed by atoms with E-state index >= 15 is 0 Å². The Kier molecular flexibility index (Phi) is 6.83. The SMILES string of the molecule is CC1(C)SC2C(N(C(=N)c3ccncc3)C(C(=O)NC(=O)CN)c3ccccc3)C(=O)N2C1C(=O)O. The highest BCUT2D eigenvalue weighted by Gasteiger charge is 2.66. The summed E-state index contributed by atoms with van der Waals surface area (Å²) in [5, 5.41) is 20.5. The van der Waals surface area contributed by atoms with Gasteiger partial charge in [0.15, 0.2) is 0 Å². The number of fused-ring (bicyclic) bond motifs is 1. The summed E-state index contributed by atoms with van der Waals surface area (Å²) in [6, 6.07) is 8.32. The lowest BCUT2D eigenvalue weighted by molar-refractivity contribution is -0.164. The minimum absolute atomic E-state index is 0.142. The standard InChI is InChI=1S/C24H26N6O5S/c1-24(2)18(23(34)35)30-21(33)17(22(30)36-24)29(19(26)14-8-10-27-11-9-14)16(13-6-4-3-5-7-13)20(32)28-15(31)12-25/h3-11,16-18,22,26H,12,25H2,1-2H3,(H,34,35)(H,28,31,32). The first kappa shape index (κ1) is 25.3. The molecule has 0 aliphatic carbocycles. The minimum Gasteiger partial charge on any atom is -0.480 e. The van der Waals surface area contributed by atoms with Gasteiger partial charge >= 0.3 is 5.97 Å². The fourth-order valence-corrected chi connectivity index (χ4v) is 6.35. The van der Waals surface area contributed by atoms with Crippen molar-refractivity contribution in [1.82, 2.24) is 20.1 Å². The average molecular weight is 511 g/mol. The van der Waals surface area contributed by atoms with Crippen molar-refractivity contribution in [3.63, 3.8) is 0 Å². The molecular weight excluding hydrogens is 484 g/mol. The maximum atomic E-state index is 13.5. The lowest BCUT2D eigenvalue weighted by Gasteiger charge is -2.51. The second kappa shape index (κ2) is 9.70. The Morgan fingerprint density at radius 2 is 1.86 bits per heavy atom. The van der Waals surface area contributed by atoms with E-state index in [0.29, 0.717) is 11.1 Å². The van der Waals surface area contributed by atoms with Crippen LogP contribution in [0.4, 0.5) is 0 Å². The number of imide groups is 1. The number of pyridine rings is 1. The number of rotatable bonds is 7. The van der Waals surface area contributed by atoms with Gasteiger partial charge in [0.1, 0.15) is 29.3 Å². The highest BCUT2D eigenvalue weighted by Crippen LogP contribution is 2.53. The molecule has 11 nitrogen and oxygen atoms in total. The fraction of sp³-hybridized carbons (Fsp3) is 0.333. The molecular formula is C24H26N6O5S. The summed E-state index contributed by atoms with van der Waals surface area (Å²) in [6.07, 6.45) is 2.97. The van der Waals surface area contributed by atoms with E-state index < -0.39 is 58.5 Å². The smallest absolute Gasteiger partial charge is 0.327 e. The maximum absolute atomic E-state index is 13.5. The van der Waals surface area contributed by atoms with Gasteiger partial charge in [-0.1, -0.05) is 30.3 Å². The molecule has 0 spiro atoms. The average Bonchev–Trinajstić information content (AvgIpc) is 3.11. The number of carbonyl (C=O) groups excluding carboxylic acids is 3. The van der Waals surface area contributed by atoms with Crippen LogP contribution in [0.15, 0.2) is 54.9 Å². The van der Waals surface area contributed by atoms with Crippen LogP contribution >= 0.6 is 11.8 Å². The van der Waals surface area contributed by atoms with Crippen molar-refractivity contribution in [3.8, 4) is 0 Å². The third-order valence-corrected chi connectivity index (χ3v) is 7.81. The van der Waals surface area contributed by atoms with Crippen molar-refractivity contribution < 1.29 is 24.3 Å². The Hall–Kier alpha value is -3.77. The molecule has 3 heterocycles. The Labute approximate surface area is 211 Å². The molecule has 12 heteroatoms. The number of nitrogens with two attached hydrogens (primary N) is 1. The first-order chi connectivity index (χ1) is 17.1. The van der Waals surface area contributed by atoms with Gasteiger partial charge in [-0.15, -0.1) is 11.8 Å². The zero-order valence-electron chi connectivity index (χ0n) is 19.6. The molecule has 4 atom stereocenters. The molecule has 2 fully saturated rings. The predicted molar refractivity (Wildman–Crippen MR) is 132 cm³/mol. The predicted octanol–water partition coefficient (Wildman–Crippen LogP) is 0.567. The number of hydrogen-bond acceptors (Lipinski definition) is 8. The lowest BCUT2D eigenvalue weighted by Crippen LogP contribution is -2.72. The van der Waals surface area contributed by atoms with Gasteiger partial charge in [-0.2, -0.15) is 0 Å². The second-order valence-electron chi connectivity index (χ2n) is 8.96. The molecule has 4 unspecified atom stereocenters. The van der Waals surface area contributed by atoms with E-state index in [2.05, 4.69) is 10.3 Å². The molecule has 5 N–H and O–H groups in total. The van der Waals surface area contributed by atoms with Crippen LogP contribution < -0.4 is 11.1 Å². The normalized spacial score (nSPS) is 22.7. The van der Waals surface area contributed by atoms with E-state index in [9.17, 15) is 24.3 Å². The fourth-order valence-electron chi connectivity index (χ4n) is 4.67. The van der Waals surface area contributed by atoms with Crippen LogP contribution in [0, 0.1) is 5.41 Å². The number of β-lactam (4-membered cyclic amide) rings is 1. The van der Waals surface area contributed by atoms with Crippen molar-refractivity contribution >= 4 is 41.3 Å². The van der Waals surface area contributed by atoms with Crippen molar-refractivity contribution in [2.45, 2.75) is 42.1 Å². The zero-order chi connectivity index (χ0) is 26.2. The summed E-state index contributed by atoms with van der Waals surface area (Å²) in [7, 11) is 0. The number of amidine groups is 1. The molecule has 3 amide bonds. The molecule has 0 bridgehead atoms. The number of thioether (sulfide) groups is 1.